The van der Waals surface area contributed by atoms with Crippen molar-refractivity contribution >= 4 is 49.7 Å². The molecule has 1 aliphatic rings. The molecule has 2 aromatic rings. The van der Waals surface area contributed by atoms with Gasteiger partial charge in [0, 0.05) is 23.3 Å². The van der Waals surface area contributed by atoms with Crippen LogP contribution < -0.4 is 11.1 Å². The molecule has 1 aliphatic heterocycles. The zero-order valence-corrected chi connectivity index (χ0v) is 17.1. The molecule has 0 radical (unpaired) electrons. The molecule has 6 nitrogen and oxygen atoms in total. The lowest BCUT2D eigenvalue weighted by Gasteiger charge is -2.30. The highest BCUT2D eigenvalue weighted by atomic mass is 32.2. The van der Waals surface area contributed by atoms with E-state index in [4.69, 9.17) is 5.73 Å². The first-order valence-corrected chi connectivity index (χ1v) is 11.7. The van der Waals surface area contributed by atoms with E-state index in [-0.39, 0.29) is 9.09 Å². The van der Waals surface area contributed by atoms with Crippen LogP contribution in [0.2, 0.25) is 0 Å². The third-order valence-electron chi connectivity index (χ3n) is 4.17. The van der Waals surface area contributed by atoms with Crippen molar-refractivity contribution < 1.29 is 17.6 Å². The lowest BCUT2D eigenvalue weighted by Crippen LogP contribution is -2.29. The minimum Gasteiger partial charge on any atom is -0.379 e. The summed E-state index contributed by atoms with van der Waals surface area (Å²) in [5, 5.41) is 3.09. The van der Waals surface area contributed by atoms with E-state index < -0.39 is 27.1 Å². The van der Waals surface area contributed by atoms with E-state index in [0.717, 1.165) is 23.3 Å². The van der Waals surface area contributed by atoms with Gasteiger partial charge in [-0.05, 0) is 43.7 Å². The summed E-state index contributed by atoms with van der Waals surface area (Å²) in [6, 6.07) is 7.12. The summed E-state index contributed by atoms with van der Waals surface area (Å²) in [4.78, 5) is 17.1. The smallest absolute Gasteiger partial charge is 0.265 e. The summed E-state index contributed by atoms with van der Waals surface area (Å²) < 4.78 is 37.7. The van der Waals surface area contributed by atoms with Crippen LogP contribution in [0.4, 0.5) is 10.1 Å². The highest BCUT2D eigenvalue weighted by Gasteiger charge is 2.32. The first kappa shape index (κ1) is 19.8. The summed E-state index contributed by atoms with van der Waals surface area (Å²) in [5.74, 6) is -0.153. The fraction of sp³-hybridized carbons (Fsp3) is 0.294. The minimum absolute atomic E-state index is 0.115. The number of amidine groups is 1. The fourth-order valence-corrected chi connectivity index (χ4v) is 5.53. The SMILES string of the molecule is CC1(c2cc(NC(=O)c3ccc(S(C)(=O)=O)s3)ccc2F)CCSC(N)=N1. The minimum atomic E-state index is -3.37. The van der Waals surface area contributed by atoms with Crippen LogP contribution in [0.1, 0.15) is 28.6 Å². The summed E-state index contributed by atoms with van der Waals surface area (Å²) in [7, 11) is -3.37. The predicted octanol–water partition coefficient (Wildman–Crippen LogP) is 3.21. The number of anilines is 1. The van der Waals surface area contributed by atoms with Crippen LogP contribution in [0.5, 0.6) is 0 Å². The van der Waals surface area contributed by atoms with E-state index in [1.54, 1.807) is 13.0 Å². The Morgan fingerprint density at radius 1 is 1.33 bits per heavy atom. The fourth-order valence-electron chi connectivity index (χ4n) is 2.73. The average Bonchev–Trinajstić information content (AvgIpc) is 3.07. The van der Waals surface area contributed by atoms with E-state index in [0.29, 0.717) is 22.8 Å². The van der Waals surface area contributed by atoms with Crippen LogP contribution in [0, 0.1) is 5.82 Å². The molecular weight excluding hydrogens is 409 g/mol. The molecule has 1 unspecified atom stereocenters. The molecule has 0 aliphatic carbocycles. The molecule has 1 amide bonds. The third kappa shape index (κ3) is 4.33. The first-order chi connectivity index (χ1) is 12.6. The number of nitrogens with two attached hydrogens (primary N) is 1. The van der Waals surface area contributed by atoms with Crippen LogP contribution in [-0.2, 0) is 15.4 Å². The number of nitrogens with zero attached hydrogens (tertiary/aromatic N) is 1. The Morgan fingerprint density at radius 2 is 2.07 bits per heavy atom. The Bertz CT molecular complexity index is 1030. The van der Waals surface area contributed by atoms with Crippen LogP contribution in [0.3, 0.4) is 0 Å². The molecule has 1 atom stereocenters. The number of hydrogen-bond acceptors (Lipinski definition) is 7. The number of rotatable bonds is 4. The molecule has 0 bridgehead atoms. The normalized spacial score (nSPS) is 20.2. The van der Waals surface area contributed by atoms with Crippen LogP contribution in [0.15, 0.2) is 39.5 Å². The second-order valence-electron chi connectivity index (χ2n) is 6.36. The van der Waals surface area contributed by atoms with Gasteiger partial charge in [0.05, 0.1) is 10.4 Å². The van der Waals surface area contributed by atoms with Crippen molar-refractivity contribution in [1.29, 1.82) is 0 Å². The van der Waals surface area contributed by atoms with E-state index >= 15 is 0 Å². The molecule has 1 aromatic heterocycles. The summed E-state index contributed by atoms with van der Waals surface area (Å²) >= 11 is 2.31. The number of sulfone groups is 1. The number of thioether (sulfide) groups is 1. The number of aliphatic imine (C=N–C) groups is 1. The Morgan fingerprint density at radius 3 is 2.70 bits per heavy atom. The van der Waals surface area contributed by atoms with E-state index in [2.05, 4.69) is 10.3 Å². The number of benzene rings is 1. The number of carbonyl (C=O) groups excluding carboxylic acids is 1. The zero-order chi connectivity index (χ0) is 19.8. The number of halogens is 1. The lowest BCUT2D eigenvalue weighted by molar-refractivity contribution is 0.103. The van der Waals surface area contributed by atoms with Gasteiger partial charge in [0.15, 0.2) is 15.0 Å². The Labute approximate surface area is 165 Å². The van der Waals surface area contributed by atoms with E-state index in [1.807, 2.05) is 0 Å². The van der Waals surface area contributed by atoms with Crippen LogP contribution >= 0.6 is 23.1 Å². The molecular formula is C17H18FN3O3S3. The van der Waals surface area contributed by atoms with Gasteiger partial charge in [-0.25, -0.2) is 12.8 Å². The van der Waals surface area contributed by atoms with Gasteiger partial charge >= 0.3 is 0 Å². The molecule has 1 aromatic carbocycles. The molecule has 27 heavy (non-hydrogen) atoms. The Hall–Kier alpha value is -1.91. The van der Waals surface area contributed by atoms with Gasteiger partial charge in [-0.3, -0.25) is 9.79 Å². The third-order valence-corrected chi connectivity index (χ3v) is 7.87. The molecule has 10 heteroatoms. The Kier molecular flexibility index (Phi) is 5.33. The molecule has 0 spiro atoms. The maximum atomic E-state index is 14.4. The Balaban J connectivity index is 1.87. The quantitative estimate of drug-likeness (QED) is 0.780. The molecule has 144 valence electrons. The van der Waals surface area contributed by atoms with E-state index in [1.165, 1.54) is 36.0 Å². The summed E-state index contributed by atoms with van der Waals surface area (Å²) in [5.41, 5.74) is 5.76. The van der Waals surface area contributed by atoms with Gasteiger partial charge in [-0.2, -0.15) is 0 Å². The first-order valence-electron chi connectivity index (χ1n) is 7.98. The maximum Gasteiger partial charge on any atom is 0.265 e. The number of amides is 1. The second-order valence-corrected chi connectivity index (χ2v) is 10.8. The molecule has 2 heterocycles. The van der Waals surface area contributed by atoms with Gasteiger partial charge < -0.3 is 11.1 Å². The molecule has 0 fully saturated rings. The largest absolute Gasteiger partial charge is 0.379 e. The highest BCUT2D eigenvalue weighted by Crippen LogP contribution is 2.37. The van der Waals surface area contributed by atoms with Crippen molar-refractivity contribution in [2.75, 3.05) is 17.3 Å². The molecule has 0 saturated carbocycles. The van der Waals surface area contributed by atoms with Crippen LogP contribution in [-0.4, -0.2) is 31.5 Å². The van der Waals surface area contributed by atoms with Gasteiger partial charge in [0.1, 0.15) is 10.0 Å². The second kappa shape index (κ2) is 7.25. The zero-order valence-electron chi connectivity index (χ0n) is 14.7. The average molecular weight is 428 g/mol. The standard InChI is InChI=1S/C17H18FN3O3S3/c1-17(7-8-25-16(19)21-17)11-9-10(3-4-12(11)18)20-15(22)13-5-6-14(26-13)27(2,23)24/h3-6,9H,7-8H2,1-2H3,(H2,19,21)(H,20,22). The highest BCUT2D eigenvalue weighted by molar-refractivity contribution is 8.13. The number of nitrogens with one attached hydrogen (secondary N) is 1. The van der Waals surface area contributed by atoms with Crippen molar-refractivity contribution in [2.45, 2.75) is 23.1 Å². The lowest BCUT2D eigenvalue weighted by atomic mass is 9.89. The molecule has 3 N–H and O–H groups in total. The maximum absolute atomic E-state index is 14.4. The topological polar surface area (TPSA) is 102 Å². The van der Waals surface area contributed by atoms with Gasteiger partial charge in [0.2, 0.25) is 0 Å². The molecule has 3 rings (SSSR count). The van der Waals surface area contributed by atoms with E-state index in [9.17, 15) is 17.6 Å². The number of carbonyl (C=O) groups is 1. The molecule has 0 saturated heterocycles. The summed E-state index contributed by atoms with van der Waals surface area (Å²) in [6.45, 7) is 1.81. The number of hydrogen-bond donors (Lipinski definition) is 2. The van der Waals surface area contributed by atoms with Gasteiger partial charge in [-0.1, -0.05) is 11.8 Å². The van der Waals surface area contributed by atoms with Gasteiger partial charge in [0.25, 0.3) is 5.91 Å². The van der Waals surface area contributed by atoms with Crippen molar-refractivity contribution in [3.05, 3.63) is 46.6 Å². The monoisotopic (exact) mass is 427 g/mol. The van der Waals surface area contributed by atoms with Gasteiger partial charge in [-0.15, -0.1) is 11.3 Å². The van der Waals surface area contributed by atoms with Crippen LogP contribution in [0.25, 0.3) is 0 Å². The van der Waals surface area contributed by atoms with Crippen molar-refractivity contribution in [1.82, 2.24) is 0 Å². The van der Waals surface area contributed by atoms with Crippen molar-refractivity contribution in [3.8, 4) is 0 Å². The van der Waals surface area contributed by atoms with Crippen molar-refractivity contribution in [2.24, 2.45) is 10.7 Å². The summed E-state index contributed by atoms with van der Waals surface area (Å²) in [6.07, 6.45) is 1.71. The predicted molar refractivity (Wildman–Crippen MR) is 108 cm³/mol. The van der Waals surface area contributed by atoms with Crippen molar-refractivity contribution in [3.63, 3.8) is 0 Å². The number of thiophene rings is 1.